The molecule has 0 unspecified atom stereocenters. The van der Waals surface area contributed by atoms with Crippen molar-refractivity contribution in [3.8, 4) is 33.4 Å². The lowest BCUT2D eigenvalue weighted by Crippen LogP contribution is -2.16. The SMILES string of the molecule is C/C=C\c1oc2cccc(N(c3ccc(-c4ccccc4)cc3)c3cccc4c3-c3ccccc3C4(C)C)c2c1C=Cc1ccc(C)c(-c2ccccc2C)c1. The molecule has 0 fully saturated rings. The Bertz CT molecular complexity index is 2800. The van der Waals surface area contributed by atoms with Crippen LogP contribution in [-0.2, 0) is 5.41 Å². The standard InChI is InChI=1S/C54H45NO/c1-6-16-50-44(34-29-38-28-27-37(3)45(35-38)42-20-11-10-17-36(42)2)53-49(25-15-26-51(53)56-50)55(41-32-30-40(31-33-41)39-18-8-7-9-19-39)48-24-14-23-47-52(48)43-21-12-13-22-46(43)54(47,4)5/h6-35H,1-5H3/b16-6-,34-29?. The Morgan fingerprint density at radius 2 is 1.20 bits per heavy atom. The van der Waals surface area contributed by atoms with E-state index in [2.05, 4.69) is 215 Å². The second-order valence-corrected chi connectivity index (χ2v) is 15.4. The van der Waals surface area contributed by atoms with Crippen molar-refractivity contribution in [1.82, 2.24) is 0 Å². The van der Waals surface area contributed by atoms with Crippen LogP contribution in [0.5, 0.6) is 0 Å². The monoisotopic (exact) mass is 723 g/mol. The minimum Gasteiger partial charge on any atom is -0.456 e. The molecule has 0 bridgehead atoms. The normalized spacial score (nSPS) is 13.1. The van der Waals surface area contributed by atoms with Crippen molar-refractivity contribution in [1.29, 1.82) is 0 Å². The van der Waals surface area contributed by atoms with Crippen LogP contribution in [0.15, 0.2) is 168 Å². The zero-order chi connectivity index (χ0) is 38.4. The van der Waals surface area contributed by atoms with Crippen LogP contribution in [0.4, 0.5) is 17.1 Å². The highest BCUT2D eigenvalue weighted by Crippen LogP contribution is 2.55. The summed E-state index contributed by atoms with van der Waals surface area (Å²) in [4.78, 5) is 2.45. The van der Waals surface area contributed by atoms with Gasteiger partial charge in [-0.2, -0.15) is 0 Å². The smallest absolute Gasteiger partial charge is 0.137 e. The topological polar surface area (TPSA) is 16.4 Å². The van der Waals surface area contributed by atoms with Crippen LogP contribution in [-0.4, -0.2) is 0 Å². The van der Waals surface area contributed by atoms with Crippen molar-refractivity contribution in [3.05, 3.63) is 203 Å². The molecule has 272 valence electrons. The summed E-state index contributed by atoms with van der Waals surface area (Å²) in [6, 6.07) is 57.1. The number of furan rings is 1. The van der Waals surface area contributed by atoms with Crippen LogP contribution in [0.1, 0.15) is 59.9 Å². The van der Waals surface area contributed by atoms with E-state index in [4.69, 9.17) is 4.42 Å². The van der Waals surface area contributed by atoms with Crippen molar-refractivity contribution in [3.63, 3.8) is 0 Å². The van der Waals surface area contributed by atoms with Gasteiger partial charge in [0, 0.05) is 22.2 Å². The van der Waals surface area contributed by atoms with E-state index in [-0.39, 0.29) is 5.41 Å². The number of benzene rings is 7. The van der Waals surface area contributed by atoms with Crippen LogP contribution in [0.3, 0.4) is 0 Å². The zero-order valence-corrected chi connectivity index (χ0v) is 32.7. The number of fused-ring (bicyclic) bond motifs is 4. The summed E-state index contributed by atoms with van der Waals surface area (Å²) >= 11 is 0. The minimum atomic E-state index is -0.134. The first-order chi connectivity index (χ1) is 27.3. The highest BCUT2D eigenvalue weighted by Gasteiger charge is 2.38. The van der Waals surface area contributed by atoms with E-state index in [1.54, 1.807) is 0 Å². The summed E-state index contributed by atoms with van der Waals surface area (Å²) in [5.41, 5.74) is 18.9. The molecule has 0 saturated carbocycles. The van der Waals surface area contributed by atoms with Crippen LogP contribution < -0.4 is 4.90 Å². The van der Waals surface area contributed by atoms with Crippen molar-refractivity contribution in [2.45, 2.75) is 40.0 Å². The molecule has 7 aromatic carbocycles. The first kappa shape index (κ1) is 35.1. The number of rotatable bonds is 8. The fourth-order valence-electron chi connectivity index (χ4n) is 8.65. The van der Waals surface area contributed by atoms with Gasteiger partial charge in [0.15, 0.2) is 0 Å². The quantitative estimate of drug-likeness (QED) is 0.155. The van der Waals surface area contributed by atoms with Gasteiger partial charge in [-0.3, -0.25) is 0 Å². The van der Waals surface area contributed by atoms with Gasteiger partial charge in [0.1, 0.15) is 11.3 Å². The number of nitrogens with zero attached hydrogens (tertiary/aromatic N) is 1. The molecule has 56 heavy (non-hydrogen) atoms. The Labute approximate surface area is 330 Å². The second kappa shape index (κ2) is 14.2. The van der Waals surface area contributed by atoms with Crippen molar-refractivity contribution >= 4 is 46.3 Å². The third-order valence-electron chi connectivity index (χ3n) is 11.5. The van der Waals surface area contributed by atoms with Gasteiger partial charge >= 0.3 is 0 Å². The van der Waals surface area contributed by atoms with Gasteiger partial charge in [0.05, 0.1) is 16.8 Å². The molecular formula is C54H45NO. The molecule has 1 aliphatic rings. The predicted octanol–water partition coefficient (Wildman–Crippen LogP) is 15.4. The maximum absolute atomic E-state index is 6.71. The lowest BCUT2D eigenvalue weighted by molar-refractivity contribution is 0.603. The second-order valence-electron chi connectivity index (χ2n) is 15.4. The summed E-state index contributed by atoms with van der Waals surface area (Å²) < 4.78 is 6.71. The molecular weight excluding hydrogens is 679 g/mol. The van der Waals surface area contributed by atoms with Crippen molar-refractivity contribution < 1.29 is 4.42 Å². The zero-order valence-electron chi connectivity index (χ0n) is 32.7. The number of aryl methyl sites for hydroxylation is 2. The Kier molecular flexibility index (Phi) is 8.90. The number of hydrogen-bond donors (Lipinski definition) is 0. The summed E-state index contributed by atoms with van der Waals surface area (Å²) in [5.74, 6) is 0.835. The van der Waals surface area contributed by atoms with Crippen LogP contribution in [0.25, 0.3) is 62.6 Å². The maximum Gasteiger partial charge on any atom is 0.137 e. The van der Waals surface area contributed by atoms with Crippen LogP contribution >= 0.6 is 0 Å². The molecule has 0 saturated heterocycles. The van der Waals surface area contributed by atoms with Crippen molar-refractivity contribution in [2.24, 2.45) is 0 Å². The third-order valence-corrected chi connectivity index (χ3v) is 11.5. The Morgan fingerprint density at radius 3 is 1.98 bits per heavy atom. The summed E-state index contributed by atoms with van der Waals surface area (Å²) in [6.07, 6.45) is 8.60. The Hall–Kier alpha value is -6.64. The Morgan fingerprint density at radius 1 is 0.536 bits per heavy atom. The van der Waals surface area contributed by atoms with Gasteiger partial charge in [-0.15, -0.1) is 0 Å². The molecule has 0 amide bonds. The molecule has 1 heterocycles. The molecule has 0 N–H and O–H groups in total. The van der Waals surface area contributed by atoms with Crippen LogP contribution in [0.2, 0.25) is 0 Å². The van der Waals surface area contributed by atoms with E-state index >= 15 is 0 Å². The highest BCUT2D eigenvalue weighted by atomic mass is 16.3. The van der Waals surface area contributed by atoms with E-state index in [0.717, 1.165) is 44.9 Å². The maximum atomic E-state index is 6.71. The first-order valence-electron chi connectivity index (χ1n) is 19.6. The fraction of sp³-hybridized carbons (Fsp3) is 0.111. The lowest BCUT2D eigenvalue weighted by atomic mass is 9.82. The third kappa shape index (κ3) is 5.99. The predicted molar refractivity (Wildman–Crippen MR) is 239 cm³/mol. The summed E-state index contributed by atoms with van der Waals surface area (Å²) in [6.45, 7) is 11.1. The molecule has 1 aliphatic carbocycles. The molecule has 8 aromatic rings. The first-order valence-corrected chi connectivity index (χ1v) is 19.6. The molecule has 2 heteroatoms. The molecule has 0 atom stereocenters. The summed E-state index contributed by atoms with van der Waals surface area (Å²) in [5, 5.41) is 1.07. The number of anilines is 3. The van der Waals surface area contributed by atoms with Gasteiger partial charge in [0.25, 0.3) is 0 Å². The molecule has 9 rings (SSSR count). The van der Waals surface area contributed by atoms with Crippen LogP contribution in [0, 0.1) is 13.8 Å². The van der Waals surface area contributed by atoms with E-state index in [1.807, 2.05) is 6.92 Å². The molecule has 0 radical (unpaired) electrons. The van der Waals surface area contributed by atoms with Gasteiger partial charge in [-0.05, 0) is 125 Å². The van der Waals surface area contributed by atoms with Gasteiger partial charge in [-0.25, -0.2) is 0 Å². The lowest BCUT2D eigenvalue weighted by Gasteiger charge is -2.29. The van der Waals surface area contributed by atoms with E-state index in [1.165, 1.54) is 55.6 Å². The molecule has 0 aliphatic heterocycles. The largest absolute Gasteiger partial charge is 0.456 e. The van der Waals surface area contributed by atoms with Crippen molar-refractivity contribution in [2.75, 3.05) is 4.90 Å². The van der Waals surface area contributed by atoms with Gasteiger partial charge in [0.2, 0.25) is 0 Å². The van der Waals surface area contributed by atoms with E-state index < -0.39 is 0 Å². The molecule has 0 spiro atoms. The van der Waals surface area contributed by atoms with Gasteiger partial charge < -0.3 is 9.32 Å². The van der Waals surface area contributed by atoms with Gasteiger partial charge in [-0.1, -0.05) is 147 Å². The number of hydrogen-bond acceptors (Lipinski definition) is 2. The fourth-order valence-corrected chi connectivity index (χ4v) is 8.65. The highest BCUT2D eigenvalue weighted by molar-refractivity contribution is 6.07. The molecule has 2 nitrogen and oxygen atoms in total. The average Bonchev–Trinajstić information content (AvgIpc) is 3.70. The molecule has 1 aromatic heterocycles. The van der Waals surface area contributed by atoms with E-state index in [9.17, 15) is 0 Å². The average molecular weight is 724 g/mol. The number of allylic oxidation sites excluding steroid dienone is 1. The Balaban J connectivity index is 1.26. The van der Waals surface area contributed by atoms with E-state index in [0.29, 0.717) is 0 Å². The summed E-state index contributed by atoms with van der Waals surface area (Å²) in [7, 11) is 0. The minimum absolute atomic E-state index is 0.134.